The first kappa shape index (κ1) is 15.0. The maximum absolute atomic E-state index is 13.4. The molecule has 0 aromatic carbocycles. The molecule has 110 valence electrons. The second-order valence-corrected chi connectivity index (χ2v) is 6.19. The zero-order valence-corrected chi connectivity index (χ0v) is 12.0. The number of piperidine rings is 1. The molecule has 2 unspecified atom stereocenters. The SMILES string of the molecule is O=C(C1CCCC(F)(F)C1)N1CCCCC1CCCl. The predicted octanol–water partition coefficient (Wildman–Crippen LogP) is 3.82. The smallest absolute Gasteiger partial charge is 0.248 e. The lowest BCUT2D eigenvalue weighted by Crippen LogP contribution is -2.48. The molecule has 19 heavy (non-hydrogen) atoms. The maximum Gasteiger partial charge on any atom is 0.248 e. The first-order chi connectivity index (χ1) is 9.03. The summed E-state index contributed by atoms with van der Waals surface area (Å²) in [7, 11) is 0. The van der Waals surface area contributed by atoms with Gasteiger partial charge in [0, 0.05) is 37.2 Å². The summed E-state index contributed by atoms with van der Waals surface area (Å²) >= 11 is 5.78. The number of carbonyl (C=O) groups excluding carboxylic acids is 1. The molecule has 0 spiro atoms. The molecule has 5 heteroatoms. The molecular formula is C14H22ClF2NO. The normalized spacial score (nSPS) is 31.2. The van der Waals surface area contributed by atoms with Crippen LogP contribution in [0.15, 0.2) is 0 Å². The van der Waals surface area contributed by atoms with Crippen molar-refractivity contribution < 1.29 is 13.6 Å². The van der Waals surface area contributed by atoms with E-state index in [1.54, 1.807) is 0 Å². The highest BCUT2D eigenvalue weighted by atomic mass is 35.5. The second-order valence-electron chi connectivity index (χ2n) is 5.81. The van der Waals surface area contributed by atoms with Crippen LogP contribution < -0.4 is 0 Å². The molecular weight excluding hydrogens is 272 g/mol. The van der Waals surface area contributed by atoms with Gasteiger partial charge >= 0.3 is 0 Å². The van der Waals surface area contributed by atoms with Gasteiger partial charge in [-0.2, -0.15) is 0 Å². The molecule has 1 saturated carbocycles. The van der Waals surface area contributed by atoms with Crippen molar-refractivity contribution in [3.05, 3.63) is 0 Å². The number of amides is 1. The zero-order chi connectivity index (χ0) is 13.9. The summed E-state index contributed by atoms with van der Waals surface area (Å²) < 4.78 is 26.9. The van der Waals surface area contributed by atoms with Gasteiger partial charge in [-0.3, -0.25) is 4.79 Å². The first-order valence-electron chi connectivity index (χ1n) is 7.28. The lowest BCUT2D eigenvalue weighted by molar-refractivity contribution is -0.146. The van der Waals surface area contributed by atoms with E-state index in [1.807, 2.05) is 4.90 Å². The van der Waals surface area contributed by atoms with Crippen LogP contribution in [0.4, 0.5) is 8.78 Å². The van der Waals surface area contributed by atoms with Gasteiger partial charge in [0.05, 0.1) is 0 Å². The van der Waals surface area contributed by atoms with Gasteiger partial charge in [-0.05, 0) is 38.5 Å². The van der Waals surface area contributed by atoms with Crippen LogP contribution in [-0.4, -0.2) is 35.2 Å². The Morgan fingerprint density at radius 1 is 1.26 bits per heavy atom. The first-order valence-corrected chi connectivity index (χ1v) is 7.81. The van der Waals surface area contributed by atoms with E-state index in [9.17, 15) is 13.6 Å². The minimum absolute atomic E-state index is 0.0609. The monoisotopic (exact) mass is 293 g/mol. The summed E-state index contributed by atoms with van der Waals surface area (Å²) in [6.07, 6.45) is 4.55. The average Bonchev–Trinajstić information content (AvgIpc) is 2.38. The zero-order valence-electron chi connectivity index (χ0n) is 11.2. The van der Waals surface area contributed by atoms with E-state index in [1.165, 1.54) is 0 Å². The quantitative estimate of drug-likeness (QED) is 0.724. The van der Waals surface area contributed by atoms with Crippen LogP contribution in [-0.2, 0) is 4.79 Å². The minimum Gasteiger partial charge on any atom is -0.339 e. The third-order valence-electron chi connectivity index (χ3n) is 4.34. The van der Waals surface area contributed by atoms with Gasteiger partial charge in [-0.25, -0.2) is 8.78 Å². The Bertz CT molecular complexity index is 323. The van der Waals surface area contributed by atoms with Gasteiger partial charge in [0.1, 0.15) is 0 Å². The van der Waals surface area contributed by atoms with Crippen LogP contribution in [0.3, 0.4) is 0 Å². The average molecular weight is 294 g/mol. The molecule has 1 heterocycles. The molecule has 0 aromatic rings. The highest BCUT2D eigenvalue weighted by molar-refractivity contribution is 6.17. The molecule has 2 rings (SSSR count). The van der Waals surface area contributed by atoms with Crippen LogP contribution in [0.5, 0.6) is 0 Å². The fourth-order valence-electron chi connectivity index (χ4n) is 3.33. The highest BCUT2D eigenvalue weighted by Crippen LogP contribution is 2.38. The van der Waals surface area contributed by atoms with Crippen LogP contribution in [0, 0.1) is 5.92 Å². The summed E-state index contributed by atoms with van der Waals surface area (Å²) in [5.41, 5.74) is 0. The molecule has 0 bridgehead atoms. The van der Waals surface area contributed by atoms with Crippen LogP contribution in [0.25, 0.3) is 0 Å². The predicted molar refractivity (Wildman–Crippen MR) is 71.6 cm³/mol. The van der Waals surface area contributed by atoms with Crippen molar-refractivity contribution in [1.82, 2.24) is 4.90 Å². The van der Waals surface area contributed by atoms with Gasteiger partial charge in [0.2, 0.25) is 11.8 Å². The molecule has 1 saturated heterocycles. The molecule has 2 atom stereocenters. The summed E-state index contributed by atoms with van der Waals surface area (Å²) in [6.45, 7) is 0.711. The largest absolute Gasteiger partial charge is 0.339 e. The van der Waals surface area contributed by atoms with Gasteiger partial charge < -0.3 is 4.90 Å². The lowest BCUT2D eigenvalue weighted by Gasteiger charge is -2.39. The van der Waals surface area contributed by atoms with Gasteiger partial charge in [0.15, 0.2) is 0 Å². The van der Waals surface area contributed by atoms with Gasteiger partial charge in [-0.15, -0.1) is 11.6 Å². The second kappa shape index (κ2) is 6.38. The molecule has 0 N–H and O–H groups in total. The van der Waals surface area contributed by atoms with Crippen molar-refractivity contribution in [2.24, 2.45) is 5.92 Å². The summed E-state index contributed by atoms with van der Waals surface area (Å²) in [5.74, 6) is -2.68. The number of carbonyl (C=O) groups is 1. The number of rotatable bonds is 3. The third kappa shape index (κ3) is 3.80. The highest BCUT2D eigenvalue weighted by Gasteiger charge is 2.41. The van der Waals surface area contributed by atoms with Crippen LogP contribution in [0.1, 0.15) is 51.4 Å². The topological polar surface area (TPSA) is 20.3 Å². The number of alkyl halides is 3. The molecule has 1 amide bonds. The lowest BCUT2D eigenvalue weighted by atomic mass is 9.84. The van der Waals surface area contributed by atoms with Crippen molar-refractivity contribution in [3.8, 4) is 0 Å². The van der Waals surface area contributed by atoms with E-state index >= 15 is 0 Å². The van der Waals surface area contributed by atoms with Crippen molar-refractivity contribution in [2.75, 3.05) is 12.4 Å². The standard InChI is InChI=1S/C14H22ClF2NO/c15-8-6-12-5-1-2-9-18(12)13(19)11-4-3-7-14(16,17)10-11/h11-12H,1-10H2. The Labute approximate surface area is 118 Å². The Hall–Kier alpha value is -0.380. The molecule has 2 aliphatic rings. The number of likely N-dealkylation sites (tertiary alicyclic amines) is 1. The van der Waals surface area contributed by atoms with E-state index < -0.39 is 11.8 Å². The molecule has 0 radical (unpaired) electrons. The molecule has 1 aliphatic heterocycles. The molecule has 2 nitrogen and oxygen atoms in total. The van der Waals surface area contributed by atoms with Crippen LogP contribution >= 0.6 is 11.6 Å². The van der Waals surface area contributed by atoms with E-state index in [-0.39, 0.29) is 24.8 Å². The molecule has 2 fully saturated rings. The Balaban J connectivity index is 2.00. The number of halogens is 3. The number of hydrogen-bond acceptors (Lipinski definition) is 1. The van der Waals surface area contributed by atoms with Crippen molar-refractivity contribution in [3.63, 3.8) is 0 Å². The van der Waals surface area contributed by atoms with E-state index in [4.69, 9.17) is 11.6 Å². The van der Waals surface area contributed by atoms with Crippen molar-refractivity contribution >= 4 is 17.5 Å². The molecule has 0 aromatic heterocycles. The van der Waals surface area contributed by atoms with Gasteiger partial charge in [-0.1, -0.05) is 0 Å². The van der Waals surface area contributed by atoms with Crippen molar-refractivity contribution in [2.45, 2.75) is 63.3 Å². The number of hydrogen-bond donors (Lipinski definition) is 0. The fourth-order valence-corrected chi connectivity index (χ4v) is 3.59. The summed E-state index contributed by atoms with van der Waals surface area (Å²) in [4.78, 5) is 14.3. The number of nitrogens with zero attached hydrogens (tertiary/aromatic N) is 1. The van der Waals surface area contributed by atoms with E-state index in [0.29, 0.717) is 25.3 Å². The minimum atomic E-state index is -2.66. The Morgan fingerprint density at radius 3 is 2.74 bits per heavy atom. The maximum atomic E-state index is 13.4. The summed E-state index contributed by atoms with van der Waals surface area (Å²) in [5, 5.41) is 0. The van der Waals surface area contributed by atoms with Gasteiger partial charge in [0.25, 0.3) is 0 Å². The van der Waals surface area contributed by atoms with E-state index in [2.05, 4.69) is 0 Å². The van der Waals surface area contributed by atoms with E-state index in [0.717, 1.165) is 25.7 Å². The van der Waals surface area contributed by atoms with Crippen molar-refractivity contribution in [1.29, 1.82) is 0 Å². The third-order valence-corrected chi connectivity index (χ3v) is 4.56. The van der Waals surface area contributed by atoms with Crippen LogP contribution in [0.2, 0.25) is 0 Å². The Kier molecular flexibility index (Phi) is 5.04. The summed E-state index contributed by atoms with van der Waals surface area (Å²) in [6, 6.07) is 0.161. The molecule has 1 aliphatic carbocycles. The Morgan fingerprint density at radius 2 is 2.05 bits per heavy atom. The fraction of sp³-hybridized carbons (Fsp3) is 0.929.